The Kier molecular flexibility index (Phi) is 7.75. The number of anilines is 1. The van der Waals surface area contributed by atoms with Gasteiger partial charge in [0.1, 0.15) is 0 Å². The molecule has 0 saturated carbocycles. The summed E-state index contributed by atoms with van der Waals surface area (Å²) in [6.45, 7) is 3.61. The highest BCUT2D eigenvalue weighted by Crippen LogP contribution is 2.19. The molecule has 2 aromatic rings. The van der Waals surface area contributed by atoms with Gasteiger partial charge in [0, 0.05) is 29.3 Å². The van der Waals surface area contributed by atoms with Gasteiger partial charge in [0.25, 0.3) is 5.91 Å². The molecule has 0 atom stereocenters. The smallest absolute Gasteiger partial charge is 0.278 e. The summed E-state index contributed by atoms with van der Waals surface area (Å²) in [4.78, 5) is 23.1. The molecule has 3 rings (SSSR count). The molecule has 0 radical (unpaired) electrons. The highest BCUT2D eigenvalue weighted by Gasteiger charge is 2.15. The van der Waals surface area contributed by atoms with E-state index in [-0.39, 0.29) is 12.5 Å². The molecule has 1 saturated heterocycles. The van der Waals surface area contributed by atoms with Crippen molar-refractivity contribution in [3.63, 3.8) is 0 Å². The largest absolute Gasteiger partial charge is 0.467 e. The summed E-state index contributed by atoms with van der Waals surface area (Å²) in [5, 5.41) is 3.93. The number of halogens is 1. The van der Waals surface area contributed by atoms with Crippen LogP contribution in [0.15, 0.2) is 46.0 Å². The zero-order chi connectivity index (χ0) is 20.5. The van der Waals surface area contributed by atoms with Crippen molar-refractivity contribution >= 4 is 40.1 Å². The lowest BCUT2D eigenvalue weighted by Gasteiger charge is -2.26. The van der Waals surface area contributed by atoms with Crippen LogP contribution in [0.4, 0.5) is 5.95 Å². The molecule has 1 aliphatic heterocycles. The molecule has 1 aliphatic rings. The Balaban J connectivity index is 1.50. The fraction of sp³-hybridized carbons (Fsp3) is 0.333. The Morgan fingerprint density at radius 3 is 2.76 bits per heavy atom. The summed E-state index contributed by atoms with van der Waals surface area (Å²) in [5.74, 6) is 0.688. The lowest BCUT2D eigenvalue weighted by molar-refractivity contribution is -0.123. The number of hydrazone groups is 1. The second kappa shape index (κ2) is 10.7. The van der Waals surface area contributed by atoms with Crippen LogP contribution < -0.4 is 15.1 Å². The number of piperidine rings is 1. The first-order valence-corrected chi connectivity index (χ1v) is 10.4. The Morgan fingerprint density at radius 2 is 2.00 bits per heavy atom. The van der Waals surface area contributed by atoms with E-state index in [9.17, 15) is 4.79 Å². The summed E-state index contributed by atoms with van der Waals surface area (Å²) in [5.41, 5.74) is 4.28. The average molecular weight is 458 g/mol. The number of carbonyl (C=O) groups is 1. The zero-order valence-corrected chi connectivity index (χ0v) is 17.9. The number of rotatable bonds is 7. The number of benzene rings is 1. The maximum atomic E-state index is 12.0. The van der Waals surface area contributed by atoms with Crippen LogP contribution in [0, 0.1) is 6.92 Å². The third-order valence-corrected chi connectivity index (χ3v) is 4.72. The van der Waals surface area contributed by atoms with Crippen molar-refractivity contribution in [1.82, 2.24) is 15.4 Å². The van der Waals surface area contributed by atoms with Crippen LogP contribution in [0.5, 0.6) is 5.88 Å². The number of aryl methyl sites for hydroxylation is 1. The SMILES string of the molecule is Cc1cc(OCC(=O)NN=CC(Br)=Cc2ccccc2)nc(N2CCCCC2)n1. The maximum absolute atomic E-state index is 12.0. The highest BCUT2D eigenvalue weighted by molar-refractivity contribution is 9.12. The van der Waals surface area contributed by atoms with Gasteiger partial charge in [0.05, 0.1) is 6.21 Å². The van der Waals surface area contributed by atoms with Crippen molar-refractivity contribution in [3.8, 4) is 5.88 Å². The molecule has 8 heteroatoms. The fourth-order valence-electron chi connectivity index (χ4n) is 2.92. The number of ether oxygens (including phenoxy) is 1. The number of aromatic nitrogens is 2. The minimum atomic E-state index is -0.364. The molecule has 1 fully saturated rings. The first-order chi connectivity index (χ1) is 14.1. The van der Waals surface area contributed by atoms with Gasteiger partial charge in [-0.15, -0.1) is 0 Å². The van der Waals surface area contributed by atoms with E-state index in [1.807, 2.05) is 43.3 Å². The van der Waals surface area contributed by atoms with Crippen molar-refractivity contribution < 1.29 is 9.53 Å². The topological polar surface area (TPSA) is 79.7 Å². The van der Waals surface area contributed by atoms with Crippen LogP contribution in [-0.2, 0) is 4.79 Å². The molecule has 2 heterocycles. The maximum Gasteiger partial charge on any atom is 0.278 e. The minimum Gasteiger partial charge on any atom is -0.467 e. The van der Waals surface area contributed by atoms with Gasteiger partial charge in [0.15, 0.2) is 6.61 Å². The predicted octanol–water partition coefficient (Wildman–Crippen LogP) is 3.69. The molecular formula is C21H24BrN5O2. The van der Waals surface area contributed by atoms with Gasteiger partial charge in [-0.2, -0.15) is 10.1 Å². The number of nitrogens with one attached hydrogen (secondary N) is 1. The Morgan fingerprint density at radius 1 is 1.24 bits per heavy atom. The summed E-state index contributed by atoms with van der Waals surface area (Å²) in [6.07, 6.45) is 6.94. The van der Waals surface area contributed by atoms with Gasteiger partial charge in [0.2, 0.25) is 11.8 Å². The van der Waals surface area contributed by atoms with E-state index in [2.05, 4.69) is 41.3 Å². The summed E-state index contributed by atoms with van der Waals surface area (Å²) in [6, 6.07) is 11.5. The van der Waals surface area contributed by atoms with E-state index < -0.39 is 0 Å². The van der Waals surface area contributed by atoms with Gasteiger partial charge in [-0.05, 0) is 53.8 Å². The van der Waals surface area contributed by atoms with E-state index in [4.69, 9.17) is 4.74 Å². The second-order valence-corrected chi connectivity index (χ2v) is 7.63. The number of amides is 1. The summed E-state index contributed by atoms with van der Waals surface area (Å²) >= 11 is 3.40. The average Bonchev–Trinajstić information content (AvgIpc) is 2.73. The second-order valence-electron chi connectivity index (χ2n) is 6.72. The standard InChI is InChI=1S/C21H24BrN5O2/c1-16-12-20(25-21(24-16)27-10-6-3-7-11-27)29-15-19(28)26-23-14-18(22)13-17-8-4-2-5-9-17/h2,4-5,8-9,12-14H,3,6-7,10-11,15H2,1H3,(H,26,28). The van der Waals surface area contributed by atoms with Crippen LogP contribution >= 0.6 is 15.9 Å². The number of allylic oxidation sites excluding steroid dienone is 1. The van der Waals surface area contributed by atoms with Crippen LogP contribution in [0.3, 0.4) is 0 Å². The molecule has 0 spiro atoms. The molecule has 29 heavy (non-hydrogen) atoms. The van der Waals surface area contributed by atoms with Crippen LogP contribution in [0.25, 0.3) is 6.08 Å². The van der Waals surface area contributed by atoms with Crippen molar-refractivity contribution in [1.29, 1.82) is 0 Å². The van der Waals surface area contributed by atoms with Crippen LogP contribution in [0.2, 0.25) is 0 Å². The van der Waals surface area contributed by atoms with Crippen LogP contribution in [0.1, 0.15) is 30.5 Å². The van der Waals surface area contributed by atoms with Crippen molar-refractivity contribution in [2.75, 3.05) is 24.6 Å². The number of nitrogens with zero attached hydrogens (tertiary/aromatic N) is 4. The molecule has 0 unspecified atom stereocenters. The van der Waals surface area contributed by atoms with Crippen LogP contribution in [-0.4, -0.2) is 41.8 Å². The van der Waals surface area contributed by atoms with Gasteiger partial charge < -0.3 is 9.64 Å². The number of hydrogen-bond donors (Lipinski definition) is 1. The molecule has 1 N–H and O–H groups in total. The first kappa shape index (κ1) is 21.0. The minimum absolute atomic E-state index is 0.173. The number of carbonyl (C=O) groups excluding carboxylic acids is 1. The lowest BCUT2D eigenvalue weighted by atomic mass is 10.1. The Labute approximate surface area is 179 Å². The number of hydrogen-bond acceptors (Lipinski definition) is 6. The van der Waals surface area contributed by atoms with Gasteiger partial charge in [-0.3, -0.25) is 4.79 Å². The molecule has 7 nitrogen and oxygen atoms in total. The Hall–Kier alpha value is -2.74. The van der Waals surface area contributed by atoms with E-state index in [0.29, 0.717) is 11.8 Å². The monoisotopic (exact) mass is 457 g/mol. The molecule has 1 aromatic carbocycles. The molecule has 0 bridgehead atoms. The van der Waals surface area contributed by atoms with Crippen molar-refractivity contribution in [2.45, 2.75) is 26.2 Å². The molecule has 0 aliphatic carbocycles. The van der Waals surface area contributed by atoms with Gasteiger partial charge >= 0.3 is 0 Å². The van der Waals surface area contributed by atoms with Gasteiger partial charge in [-0.1, -0.05) is 30.3 Å². The molecule has 152 valence electrons. The lowest BCUT2D eigenvalue weighted by Crippen LogP contribution is -2.31. The predicted molar refractivity (Wildman–Crippen MR) is 118 cm³/mol. The normalized spacial score (nSPS) is 14.8. The van der Waals surface area contributed by atoms with Gasteiger partial charge in [-0.25, -0.2) is 10.4 Å². The van der Waals surface area contributed by atoms with E-state index >= 15 is 0 Å². The molecule has 1 aromatic heterocycles. The van der Waals surface area contributed by atoms with Crippen molar-refractivity contribution in [2.24, 2.45) is 5.10 Å². The highest BCUT2D eigenvalue weighted by atomic mass is 79.9. The van der Waals surface area contributed by atoms with E-state index in [0.717, 1.165) is 41.7 Å². The molecule has 1 amide bonds. The quantitative estimate of drug-likeness (QED) is 0.506. The third-order valence-electron chi connectivity index (χ3n) is 4.29. The van der Waals surface area contributed by atoms with E-state index in [1.165, 1.54) is 12.6 Å². The zero-order valence-electron chi connectivity index (χ0n) is 16.3. The molecular weight excluding hydrogens is 434 g/mol. The fourth-order valence-corrected chi connectivity index (χ4v) is 3.28. The third kappa shape index (κ3) is 6.98. The van der Waals surface area contributed by atoms with Crippen molar-refractivity contribution in [3.05, 3.63) is 52.1 Å². The van der Waals surface area contributed by atoms with E-state index in [1.54, 1.807) is 6.07 Å². The summed E-state index contributed by atoms with van der Waals surface area (Å²) in [7, 11) is 0. The summed E-state index contributed by atoms with van der Waals surface area (Å²) < 4.78 is 6.28. The first-order valence-electron chi connectivity index (χ1n) is 9.58. The Bertz CT molecular complexity index is 880.